The van der Waals surface area contributed by atoms with Gasteiger partial charge < -0.3 is 13.4 Å². The molecule has 0 fully saturated rings. The number of nitrogens with zero attached hydrogens (tertiary/aromatic N) is 2. The highest BCUT2D eigenvalue weighted by Crippen LogP contribution is 2.43. The van der Waals surface area contributed by atoms with E-state index >= 15 is 0 Å². The van der Waals surface area contributed by atoms with E-state index in [1.807, 2.05) is 23.5 Å². The number of thiophene rings is 1. The SMILES string of the molecule is c1ccc(-c2cc(-c3ccc4c(c3)oc3ccccc34)nc(-c3cccc4oc5ccc(-c6ccc7sc8cc(-c9ccc%10c(c9)c9ccccc9n%10-c9ccccc9)ccc8c7c6)cc5c34)c2)cc1. The largest absolute Gasteiger partial charge is 0.456 e. The van der Waals surface area contributed by atoms with E-state index in [4.69, 9.17) is 13.8 Å². The van der Waals surface area contributed by atoms with Crippen molar-refractivity contribution in [2.75, 3.05) is 0 Å². The summed E-state index contributed by atoms with van der Waals surface area (Å²) in [7, 11) is 0. The van der Waals surface area contributed by atoms with Crippen molar-refractivity contribution in [1.29, 1.82) is 0 Å². The quantitative estimate of drug-likeness (QED) is 0.167. The Morgan fingerprint density at radius 1 is 0.314 bits per heavy atom. The van der Waals surface area contributed by atoms with Gasteiger partial charge in [0.1, 0.15) is 22.3 Å². The van der Waals surface area contributed by atoms with Gasteiger partial charge in [-0.3, -0.25) is 0 Å². The van der Waals surface area contributed by atoms with E-state index in [2.05, 4.69) is 223 Å². The molecular weight excluding hydrogens is 873 g/mol. The van der Waals surface area contributed by atoms with Gasteiger partial charge in [0.2, 0.25) is 0 Å². The molecule has 0 saturated heterocycles. The van der Waals surface area contributed by atoms with Crippen LogP contribution in [0, 0.1) is 0 Å². The standard InChI is InChI=1S/C65H38N2O2S/c1-3-12-39(13-4-1)45-35-55(44-23-27-49-48-17-8-10-20-59(48)69-62(49)37-44)66-56(36-45)51-18-11-21-61-65(51)54-34-41(25-30-60(54)68-61)42-26-31-63-53(33-42)50-28-22-43(38-64(50)70-63)40-24-29-58-52(32-40)47-16-7-9-19-57(47)67(58)46-14-5-2-6-15-46/h1-38H. The van der Waals surface area contributed by atoms with Crippen molar-refractivity contribution in [1.82, 2.24) is 9.55 Å². The van der Waals surface area contributed by atoms with Crippen molar-refractivity contribution in [2.24, 2.45) is 0 Å². The summed E-state index contributed by atoms with van der Waals surface area (Å²) in [4.78, 5) is 5.41. The van der Waals surface area contributed by atoms with Crippen LogP contribution in [0.5, 0.6) is 0 Å². The Morgan fingerprint density at radius 2 is 0.929 bits per heavy atom. The summed E-state index contributed by atoms with van der Waals surface area (Å²) in [6.07, 6.45) is 0. The molecule has 0 unspecified atom stereocenters. The average molecular weight is 911 g/mol. The van der Waals surface area contributed by atoms with Crippen LogP contribution in [0.25, 0.3) is 147 Å². The predicted molar refractivity (Wildman–Crippen MR) is 293 cm³/mol. The molecule has 0 amide bonds. The van der Waals surface area contributed by atoms with Crippen LogP contribution in [-0.2, 0) is 0 Å². The third-order valence-electron chi connectivity index (χ3n) is 14.2. The lowest BCUT2D eigenvalue weighted by molar-refractivity contribution is 0.668. The Balaban J connectivity index is 0.823. The molecule has 0 bridgehead atoms. The molecule has 10 aromatic carbocycles. The van der Waals surface area contributed by atoms with Gasteiger partial charge >= 0.3 is 0 Å². The van der Waals surface area contributed by atoms with Crippen molar-refractivity contribution in [3.05, 3.63) is 231 Å². The molecule has 15 rings (SSSR count). The molecule has 0 radical (unpaired) electrons. The maximum atomic E-state index is 6.60. The minimum atomic E-state index is 0.831. The third-order valence-corrected chi connectivity index (χ3v) is 15.3. The summed E-state index contributed by atoms with van der Waals surface area (Å²) in [5.74, 6) is 0. The number of aromatic nitrogens is 2. The Morgan fingerprint density at radius 3 is 1.81 bits per heavy atom. The van der Waals surface area contributed by atoms with Crippen LogP contribution < -0.4 is 0 Å². The molecule has 0 saturated carbocycles. The van der Waals surface area contributed by atoms with Crippen LogP contribution in [0.1, 0.15) is 0 Å². The molecule has 326 valence electrons. The van der Waals surface area contributed by atoms with Gasteiger partial charge in [0.15, 0.2) is 0 Å². The van der Waals surface area contributed by atoms with Crippen LogP contribution in [0.2, 0.25) is 0 Å². The normalized spacial score (nSPS) is 12.0. The Bertz CT molecular complexity index is 4590. The van der Waals surface area contributed by atoms with E-state index < -0.39 is 0 Å². The lowest BCUT2D eigenvalue weighted by Crippen LogP contribution is -1.92. The molecule has 0 aliphatic rings. The van der Waals surface area contributed by atoms with E-state index in [0.29, 0.717) is 0 Å². The minimum absolute atomic E-state index is 0.831. The second-order valence-corrected chi connectivity index (χ2v) is 19.3. The molecule has 0 aliphatic heterocycles. The molecule has 5 aromatic heterocycles. The first-order valence-electron chi connectivity index (χ1n) is 23.7. The maximum absolute atomic E-state index is 6.60. The van der Waals surface area contributed by atoms with Crippen LogP contribution in [0.15, 0.2) is 239 Å². The fourth-order valence-corrected chi connectivity index (χ4v) is 12.0. The first kappa shape index (κ1) is 39.0. The van der Waals surface area contributed by atoms with E-state index in [1.54, 1.807) is 0 Å². The van der Waals surface area contributed by atoms with Gasteiger partial charge in [0, 0.05) is 69.3 Å². The molecule has 5 heterocycles. The van der Waals surface area contributed by atoms with Gasteiger partial charge in [-0.25, -0.2) is 4.98 Å². The fraction of sp³-hybridized carbons (Fsp3) is 0. The zero-order valence-corrected chi connectivity index (χ0v) is 38.4. The van der Waals surface area contributed by atoms with E-state index in [-0.39, 0.29) is 0 Å². The topological polar surface area (TPSA) is 44.1 Å². The van der Waals surface area contributed by atoms with E-state index in [1.165, 1.54) is 58.8 Å². The summed E-state index contributed by atoms with van der Waals surface area (Å²) in [5.41, 5.74) is 17.7. The maximum Gasteiger partial charge on any atom is 0.136 e. The molecular formula is C65H38N2O2S. The first-order valence-corrected chi connectivity index (χ1v) is 24.5. The lowest BCUT2D eigenvalue weighted by Gasteiger charge is -2.11. The van der Waals surface area contributed by atoms with Gasteiger partial charge in [-0.1, -0.05) is 133 Å². The molecule has 4 nitrogen and oxygen atoms in total. The number of benzene rings is 10. The molecule has 0 spiro atoms. The zero-order chi connectivity index (χ0) is 45.9. The highest BCUT2D eigenvalue weighted by molar-refractivity contribution is 7.25. The third kappa shape index (κ3) is 6.12. The second kappa shape index (κ2) is 15.2. The van der Waals surface area contributed by atoms with Crippen molar-refractivity contribution in [2.45, 2.75) is 0 Å². The molecule has 0 atom stereocenters. The highest BCUT2D eigenvalue weighted by Gasteiger charge is 2.19. The van der Waals surface area contributed by atoms with Crippen molar-refractivity contribution < 1.29 is 8.83 Å². The second-order valence-electron chi connectivity index (χ2n) is 18.2. The molecule has 0 aliphatic carbocycles. The van der Waals surface area contributed by atoms with Crippen LogP contribution in [0.4, 0.5) is 0 Å². The summed E-state index contributed by atoms with van der Waals surface area (Å²) in [6, 6.07) is 82.6. The number of rotatable bonds is 6. The first-order chi connectivity index (χ1) is 34.6. The number of hydrogen-bond donors (Lipinski definition) is 0. The number of furan rings is 2. The van der Waals surface area contributed by atoms with Crippen molar-refractivity contribution in [3.8, 4) is 61.6 Å². The van der Waals surface area contributed by atoms with Crippen LogP contribution >= 0.6 is 11.3 Å². The predicted octanol–water partition coefficient (Wildman–Crippen LogP) is 18.7. The number of pyridine rings is 1. The zero-order valence-electron chi connectivity index (χ0n) is 37.6. The van der Waals surface area contributed by atoms with Gasteiger partial charge in [-0.05, 0) is 130 Å². The number of para-hydroxylation sites is 3. The van der Waals surface area contributed by atoms with Crippen LogP contribution in [-0.4, -0.2) is 9.55 Å². The lowest BCUT2D eigenvalue weighted by atomic mass is 9.96. The fourth-order valence-electron chi connectivity index (χ4n) is 10.9. The Hall–Kier alpha value is -9.03. The average Bonchev–Trinajstić information content (AvgIpc) is 4.19. The Labute approximate surface area is 405 Å². The summed E-state index contributed by atoms with van der Waals surface area (Å²) >= 11 is 1.86. The molecule has 5 heteroatoms. The van der Waals surface area contributed by atoms with E-state index in [0.717, 1.165) is 88.6 Å². The molecule has 70 heavy (non-hydrogen) atoms. The van der Waals surface area contributed by atoms with Gasteiger partial charge in [0.25, 0.3) is 0 Å². The highest BCUT2D eigenvalue weighted by atomic mass is 32.1. The summed E-state index contributed by atoms with van der Waals surface area (Å²) < 4.78 is 17.9. The van der Waals surface area contributed by atoms with E-state index in [9.17, 15) is 0 Å². The van der Waals surface area contributed by atoms with Gasteiger partial charge in [-0.2, -0.15) is 0 Å². The van der Waals surface area contributed by atoms with Crippen molar-refractivity contribution in [3.63, 3.8) is 0 Å². The Kier molecular flexibility index (Phi) is 8.49. The smallest absolute Gasteiger partial charge is 0.136 e. The molecule has 15 aromatic rings. The van der Waals surface area contributed by atoms with Gasteiger partial charge in [-0.15, -0.1) is 11.3 Å². The monoisotopic (exact) mass is 910 g/mol. The molecule has 0 N–H and O–H groups in total. The van der Waals surface area contributed by atoms with Gasteiger partial charge in [0.05, 0.1) is 22.4 Å². The number of hydrogen-bond acceptors (Lipinski definition) is 4. The van der Waals surface area contributed by atoms with Crippen LogP contribution in [0.3, 0.4) is 0 Å². The van der Waals surface area contributed by atoms with Crippen molar-refractivity contribution >= 4 is 97.2 Å². The summed E-state index contributed by atoms with van der Waals surface area (Å²) in [5, 5.41) is 9.36. The minimum Gasteiger partial charge on any atom is -0.456 e. The summed E-state index contributed by atoms with van der Waals surface area (Å²) in [6.45, 7) is 0. The number of fused-ring (bicyclic) bond motifs is 12.